The maximum Gasteiger partial charge on any atom is 0.244 e. The first-order valence-electron chi connectivity index (χ1n) is 6.40. The molecule has 17 heavy (non-hydrogen) atoms. The highest BCUT2D eigenvalue weighted by molar-refractivity contribution is 4.99. The third kappa shape index (κ3) is 2.50. The summed E-state index contributed by atoms with van der Waals surface area (Å²) < 4.78 is 5.41. The molecule has 1 fully saturated rings. The summed E-state index contributed by atoms with van der Waals surface area (Å²) in [5.41, 5.74) is 0. The highest BCUT2D eigenvalue weighted by Crippen LogP contribution is 2.32. The van der Waals surface area contributed by atoms with Crippen molar-refractivity contribution in [1.29, 1.82) is 0 Å². The van der Waals surface area contributed by atoms with Gasteiger partial charge >= 0.3 is 0 Å². The Morgan fingerprint density at radius 1 is 1.41 bits per heavy atom. The largest absolute Gasteiger partial charge is 0.338 e. The average Bonchev–Trinajstić information content (AvgIpc) is 2.95. The zero-order chi connectivity index (χ0) is 12.4. The highest BCUT2D eigenvalue weighted by atomic mass is 16.5. The van der Waals surface area contributed by atoms with Gasteiger partial charge in [-0.25, -0.2) is 0 Å². The molecule has 2 atom stereocenters. The van der Waals surface area contributed by atoms with E-state index in [2.05, 4.69) is 34.2 Å². The maximum absolute atomic E-state index is 5.41. The van der Waals surface area contributed by atoms with E-state index in [0.717, 1.165) is 24.7 Å². The van der Waals surface area contributed by atoms with Gasteiger partial charge in [0, 0.05) is 6.04 Å². The summed E-state index contributed by atoms with van der Waals surface area (Å²) in [5, 5.41) is 7.17. The summed E-state index contributed by atoms with van der Waals surface area (Å²) in [6.07, 6.45) is 2.33. The zero-order valence-electron chi connectivity index (χ0n) is 11.1. The van der Waals surface area contributed by atoms with Crippen LogP contribution >= 0.6 is 0 Å². The van der Waals surface area contributed by atoms with Crippen molar-refractivity contribution < 1.29 is 4.52 Å². The minimum Gasteiger partial charge on any atom is -0.338 e. The van der Waals surface area contributed by atoms with E-state index < -0.39 is 0 Å². The molecule has 0 bridgehead atoms. The molecule has 0 aliphatic carbocycles. The second-order valence-electron chi connectivity index (χ2n) is 4.99. The molecule has 0 saturated carbocycles. The number of hydrogen-bond acceptors (Lipinski definition) is 5. The molecule has 0 spiro atoms. The molecule has 2 unspecified atom stereocenters. The second-order valence-corrected chi connectivity index (χ2v) is 4.99. The van der Waals surface area contributed by atoms with Crippen molar-refractivity contribution in [2.75, 3.05) is 13.6 Å². The summed E-state index contributed by atoms with van der Waals surface area (Å²) in [4.78, 5) is 6.95. The molecule has 2 heterocycles. The van der Waals surface area contributed by atoms with E-state index in [9.17, 15) is 0 Å². The summed E-state index contributed by atoms with van der Waals surface area (Å²) in [7, 11) is 1.90. The number of nitrogens with zero attached hydrogens (tertiary/aromatic N) is 3. The molecule has 1 N–H and O–H groups in total. The molecular formula is C12H22N4O. The van der Waals surface area contributed by atoms with Crippen LogP contribution in [0.2, 0.25) is 0 Å². The zero-order valence-corrected chi connectivity index (χ0v) is 11.1. The molecule has 96 valence electrons. The predicted octanol–water partition coefficient (Wildman–Crippen LogP) is 1.90. The van der Waals surface area contributed by atoms with Crippen LogP contribution in [0.3, 0.4) is 0 Å². The topological polar surface area (TPSA) is 54.2 Å². The Morgan fingerprint density at radius 3 is 2.82 bits per heavy atom. The molecule has 0 radical (unpaired) electrons. The highest BCUT2D eigenvalue weighted by Gasteiger charge is 2.32. The van der Waals surface area contributed by atoms with Gasteiger partial charge in [-0.3, -0.25) is 4.90 Å². The molecule has 1 aliphatic heterocycles. The van der Waals surface area contributed by atoms with Crippen LogP contribution in [0.5, 0.6) is 0 Å². The molecule has 1 saturated heterocycles. The van der Waals surface area contributed by atoms with Crippen LogP contribution < -0.4 is 5.32 Å². The number of likely N-dealkylation sites (tertiary alicyclic amines) is 1. The van der Waals surface area contributed by atoms with Crippen molar-refractivity contribution in [3.05, 3.63) is 11.7 Å². The Kier molecular flexibility index (Phi) is 3.79. The van der Waals surface area contributed by atoms with E-state index in [1.807, 2.05) is 14.0 Å². The van der Waals surface area contributed by atoms with Crippen molar-refractivity contribution in [3.63, 3.8) is 0 Å². The molecule has 0 aromatic carbocycles. The summed E-state index contributed by atoms with van der Waals surface area (Å²) in [6.45, 7) is 7.59. The Bertz CT molecular complexity index is 363. The Hall–Kier alpha value is -0.940. The second kappa shape index (κ2) is 5.14. The van der Waals surface area contributed by atoms with Gasteiger partial charge in [0.15, 0.2) is 5.82 Å². The molecule has 2 rings (SSSR count). The normalized spacial score (nSPS) is 23.5. The van der Waals surface area contributed by atoms with Gasteiger partial charge in [-0.2, -0.15) is 4.98 Å². The van der Waals surface area contributed by atoms with Crippen LogP contribution in [0.25, 0.3) is 0 Å². The molecular weight excluding hydrogens is 216 g/mol. The van der Waals surface area contributed by atoms with Gasteiger partial charge in [-0.1, -0.05) is 5.16 Å². The van der Waals surface area contributed by atoms with Crippen LogP contribution in [0.1, 0.15) is 57.4 Å². The van der Waals surface area contributed by atoms with E-state index in [1.54, 1.807) is 0 Å². The number of nitrogens with one attached hydrogen (secondary N) is 1. The minimum atomic E-state index is 0.140. The van der Waals surface area contributed by atoms with Gasteiger partial charge in [0.2, 0.25) is 5.89 Å². The number of rotatable bonds is 4. The summed E-state index contributed by atoms with van der Waals surface area (Å²) >= 11 is 0. The lowest BCUT2D eigenvalue weighted by Gasteiger charge is -2.25. The Balaban J connectivity index is 2.14. The Labute approximate surface area is 103 Å². The van der Waals surface area contributed by atoms with E-state index in [4.69, 9.17) is 4.52 Å². The fourth-order valence-electron chi connectivity index (χ4n) is 2.36. The lowest BCUT2D eigenvalue weighted by molar-refractivity contribution is 0.170. The standard InChI is InChI=1S/C12H22N4O/c1-8(2)16-7-5-6-10(16)12-14-11(15-17-12)9(3)13-4/h8-10,13H,5-7H2,1-4H3. The molecule has 5 heteroatoms. The Morgan fingerprint density at radius 2 is 2.18 bits per heavy atom. The van der Waals surface area contributed by atoms with Crippen molar-refractivity contribution in [2.45, 2.75) is 51.7 Å². The van der Waals surface area contributed by atoms with Crippen LogP contribution in [-0.2, 0) is 0 Å². The van der Waals surface area contributed by atoms with Crippen molar-refractivity contribution in [2.24, 2.45) is 0 Å². The minimum absolute atomic E-state index is 0.140. The smallest absolute Gasteiger partial charge is 0.244 e. The van der Waals surface area contributed by atoms with Gasteiger partial charge in [0.05, 0.1) is 12.1 Å². The van der Waals surface area contributed by atoms with E-state index >= 15 is 0 Å². The fraction of sp³-hybridized carbons (Fsp3) is 0.833. The quantitative estimate of drug-likeness (QED) is 0.868. The lowest BCUT2D eigenvalue weighted by Crippen LogP contribution is -2.30. The molecule has 1 aliphatic rings. The summed E-state index contributed by atoms with van der Waals surface area (Å²) in [6, 6.07) is 0.973. The fourth-order valence-corrected chi connectivity index (χ4v) is 2.36. The molecule has 0 amide bonds. The van der Waals surface area contributed by atoms with Gasteiger partial charge in [-0.05, 0) is 47.2 Å². The third-order valence-corrected chi connectivity index (χ3v) is 3.52. The maximum atomic E-state index is 5.41. The van der Waals surface area contributed by atoms with Crippen molar-refractivity contribution in [1.82, 2.24) is 20.4 Å². The molecule has 1 aromatic rings. The predicted molar refractivity (Wildman–Crippen MR) is 65.6 cm³/mol. The SMILES string of the molecule is CNC(C)c1noc(C2CCCN2C(C)C)n1. The van der Waals surface area contributed by atoms with E-state index in [-0.39, 0.29) is 6.04 Å². The van der Waals surface area contributed by atoms with Crippen molar-refractivity contribution >= 4 is 0 Å². The lowest BCUT2D eigenvalue weighted by atomic mass is 10.2. The van der Waals surface area contributed by atoms with Crippen LogP contribution in [0, 0.1) is 0 Å². The first-order valence-corrected chi connectivity index (χ1v) is 6.40. The van der Waals surface area contributed by atoms with Crippen molar-refractivity contribution in [3.8, 4) is 0 Å². The van der Waals surface area contributed by atoms with Gasteiger partial charge in [0.25, 0.3) is 0 Å². The number of aromatic nitrogens is 2. The van der Waals surface area contributed by atoms with E-state index in [1.165, 1.54) is 6.42 Å². The summed E-state index contributed by atoms with van der Waals surface area (Å²) in [5.74, 6) is 1.52. The van der Waals surface area contributed by atoms with Crippen LogP contribution in [0.4, 0.5) is 0 Å². The number of hydrogen-bond donors (Lipinski definition) is 1. The first-order chi connectivity index (χ1) is 8.13. The van der Waals surface area contributed by atoms with E-state index in [0.29, 0.717) is 12.1 Å². The molecule has 5 nitrogen and oxygen atoms in total. The van der Waals surface area contributed by atoms with Gasteiger partial charge < -0.3 is 9.84 Å². The monoisotopic (exact) mass is 238 g/mol. The van der Waals surface area contributed by atoms with Gasteiger partial charge in [0.1, 0.15) is 0 Å². The average molecular weight is 238 g/mol. The van der Waals surface area contributed by atoms with Gasteiger partial charge in [-0.15, -0.1) is 0 Å². The van der Waals surface area contributed by atoms with Crippen LogP contribution in [-0.4, -0.2) is 34.7 Å². The molecule has 1 aromatic heterocycles. The first kappa shape index (κ1) is 12.5. The third-order valence-electron chi connectivity index (χ3n) is 3.52. The van der Waals surface area contributed by atoms with Crippen LogP contribution in [0.15, 0.2) is 4.52 Å².